The Bertz CT molecular complexity index is 115. The molecule has 1 amide bonds. The summed E-state index contributed by atoms with van der Waals surface area (Å²) in [6.07, 6.45) is 2.39. The molecule has 1 rings (SSSR count). The molecule has 0 aromatic heterocycles. The fraction of sp³-hybridized carbons (Fsp3) is 0. The lowest BCUT2D eigenvalue weighted by Gasteiger charge is -1.59. The molecule has 0 saturated carbocycles. The predicted molar refractivity (Wildman–Crippen MR) is 29.2 cm³/mol. The Hall–Kier alpha value is -0.700. The number of rotatable bonds is 0. The average Bonchev–Trinajstić information content (AvgIpc) is 1.86. The molecule has 0 unspecified atom stereocenters. The lowest BCUT2D eigenvalue weighted by atomic mass is 10.7. The summed E-state index contributed by atoms with van der Waals surface area (Å²) in [6, 6.07) is 0. The maximum absolute atomic E-state index is 9.90. The van der Waals surface area contributed by atoms with E-state index in [4.69, 9.17) is 0 Å². The summed E-state index contributed by atoms with van der Waals surface area (Å²) >= 11 is 0. The van der Waals surface area contributed by atoms with Gasteiger partial charge in [-0.25, -0.2) is 4.99 Å². The summed E-state index contributed by atoms with van der Waals surface area (Å²) in [4.78, 5) is 16.5. The molecule has 1 aliphatic rings. The first kappa shape index (κ1) is 6.30. The van der Waals surface area contributed by atoms with Crippen molar-refractivity contribution in [1.29, 1.82) is 0 Å². The standard InChI is InChI=1S/C3H2N2O.ClH/c6-3-1-4-2-5-3;/h1-2H;1H. The second kappa shape index (κ2) is 2.47. The van der Waals surface area contributed by atoms with Crippen LogP contribution in [0.1, 0.15) is 0 Å². The Morgan fingerprint density at radius 3 is 2.43 bits per heavy atom. The number of hydrogen-bond acceptors (Lipinski definition) is 2. The van der Waals surface area contributed by atoms with E-state index >= 15 is 0 Å². The third kappa shape index (κ3) is 1.45. The van der Waals surface area contributed by atoms with Gasteiger partial charge in [0, 0.05) is 0 Å². The molecule has 1 aliphatic heterocycles. The van der Waals surface area contributed by atoms with Crippen LogP contribution < -0.4 is 0 Å². The van der Waals surface area contributed by atoms with Gasteiger partial charge < -0.3 is 0 Å². The Morgan fingerprint density at radius 1 is 1.57 bits per heavy atom. The van der Waals surface area contributed by atoms with Crippen LogP contribution in [0.5, 0.6) is 0 Å². The molecule has 0 saturated heterocycles. The second-order valence-corrected chi connectivity index (χ2v) is 0.861. The zero-order valence-corrected chi connectivity index (χ0v) is 4.18. The number of carbonyl (C=O) groups excluding carboxylic acids is 1. The highest BCUT2D eigenvalue weighted by Gasteiger charge is 1.91. The lowest BCUT2D eigenvalue weighted by Crippen LogP contribution is -1.84. The van der Waals surface area contributed by atoms with Crippen LogP contribution in [0.3, 0.4) is 0 Å². The molecule has 0 bridgehead atoms. The van der Waals surface area contributed by atoms with E-state index < -0.39 is 0 Å². The van der Waals surface area contributed by atoms with E-state index in [2.05, 4.69) is 9.98 Å². The molecule has 0 aromatic carbocycles. The highest BCUT2D eigenvalue weighted by atomic mass is 35.5. The molecule has 0 fully saturated rings. The minimum Gasteiger partial charge on any atom is -0.266 e. The second-order valence-electron chi connectivity index (χ2n) is 0.861. The molecule has 0 N–H and O–H groups in total. The minimum atomic E-state index is -0.269. The maximum atomic E-state index is 9.90. The van der Waals surface area contributed by atoms with Gasteiger partial charge in [-0.05, 0) is 0 Å². The lowest BCUT2D eigenvalue weighted by molar-refractivity contribution is -0.111. The first-order valence-corrected chi connectivity index (χ1v) is 1.49. The summed E-state index contributed by atoms with van der Waals surface area (Å²) in [6.45, 7) is 0. The van der Waals surface area contributed by atoms with E-state index in [0.29, 0.717) is 0 Å². The van der Waals surface area contributed by atoms with Crippen LogP contribution in [-0.2, 0) is 4.79 Å². The average molecular weight is 119 g/mol. The topological polar surface area (TPSA) is 41.8 Å². The highest BCUT2D eigenvalue weighted by molar-refractivity contribution is 6.32. The van der Waals surface area contributed by atoms with Crippen molar-refractivity contribution in [2.45, 2.75) is 0 Å². The molecule has 4 heteroatoms. The Morgan fingerprint density at radius 2 is 2.29 bits per heavy atom. The predicted octanol–water partition coefficient (Wildman–Crippen LogP) is 0.0475. The number of aliphatic imine (C=N–C) groups is 2. The zero-order valence-electron chi connectivity index (χ0n) is 3.37. The van der Waals surface area contributed by atoms with Gasteiger partial charge >= 0.3 is 0 Å². The third-order valence-electron chi connectivity index (χ3n) is 0.437. The summed E-state index contributed by atoms with van der Waals surface area (Å²) in [5.74, 6) is -0.269. The molecule has 0 aliphatic carbocycles. The molecule has 3 nitrogen and oxygen atoms in total. The molecule has 0 atom stereocenters. The number of amides is 1. The van der Waals surface area contributed by atoms with E-state index in [-0.39, 0.29) is 18.3 Å². The van der Waals surface area contributed by atoms with Gasteiger partial charge in [-0.2, -0.15) is 4.99 Å². The van der Waals surface area contributed by atoms with E-state index in [0.717, 1.165) is 0 Å². The van der Waals surface area contributed by atoms with Crippen molar-refractivity contribution in [3.63, 3.8) is 0 Å². The van der Waals surface area contributed by atoms with Gasteiger partial charge in [-0.1, -0.05) is 0 Å². The number of carbonyl (C=O) groups is 1. The van der Waals surface area contributed by atoms with Crippen LogP contribution in [0.2, 0.25) is 0 Å². The summed E-state index contributed by atoms with van der Waals surface area (Å²) < 4.78 is 0. The van der Waals surface area contributed by atoms with Crippen molar-refractivity contribution in [2.24, 2.45) is 9.98 Å². The smallest absolute Gasteiger partial charge is 0.266 e. The fourth-order valence-corrected chi connectivity index (χ4v) is 0.221. The fourth-order valence-electron chi connectivity index (χ4n) is 0.221. The first-order chi connectivity index (χ1) is 2.89. The van der Waals surface area contributed by atoms with Crippen LogP contribution in [-0.4, -0.2) is 18.5 Å². The largest absolute Gasteiger partial charge is 0.289 e. The van der Waals surface area contributed by atoms with Gasteiger partial charge in [0.2, 0.25) is 0 Å². The maximum Gasteiger partial charge on any atom is 0.289 e. The molecule has 7 heavy (non-hydrogen) atoms. The van der Waals surface area contributed by atoms with Crippen LogP contribution in [0, 0.1) is 0 Å². The van der Waals surface area contributed by atoms with Gasteiger partial charge in [0.25, 0.3) is 5.91 Å². The Balaban J connectivity index is 0.000000360. The van der Waals surface area contributed by atoms with Crippen molar-refractivity contribution in [3.05, 3.63) is 0 Å². The molecule has 0 spiro atoms. The summed E-state index contributed by atoms with van der Waals surface area (Å²) in [5, 5.41) is 0. The van der Waals surface area contributed by atoms with E-state index in [9.17, 15) is 4.79 Å². The number of hydrogen-bond donors (Lipinski definition) is 0. The van der Waals surface area contributed by atoms with Gasteiger partial charge in [-0.15, -0.1) is 12.4 Å². The highest BCUT2D eigenvalue weighted by Crippen LogP contribution is 1.75. The van der Waals surface area contributed by atoms with Gasteiger partial charge in [0.15, 0.2) is 0 Å². The van der Waals surface area contributed by atoms with Crippen molar-refractivity contribution in [3.8, 4) is 0 Å². The van der Waals surface area contributed by atoms with Gasteiger partial charge in [-0.3, -0.25) is 4.79 Å². The van der Waals surface area contributed by atoms with Crippen LogP contribution >= 0.6 is 12.4 Å². The van der Waals surface area contributed by atoms with E-state index in [1.807, 2.05) is 0 Å². The number of halogens is 1. The van der Waals surface area contributed by atoms with E-state index in [1.165, 1.54) is 12.6 Å². The summed E-state index contributed by atoms with van der Waals surface area (Å²) in [5.41, 5.74) is 0. The third-order valence-corrected chi connectivity index (χ3v) is 0.437. The van der Waals surface area contributed by atoms with Crippen molar-refractivity contribution < 1.29 is 4.79 Å². The minimum absolute atomic E-state index is 0. The van der Waals surface area contributed by atoms with Crippen LogP contribution in [0.4, 0.5) is 0 Å². The zero-order chi connectivity index (χ0) is 4.41. The van der Waals surface area contributed by atoms with Crippen LogP contribution in [0.15, 0.2) is 9.98 Å². The van der Waals surface area contributed by atoms with Crippen molar-refractivity contribution in [2.75, 3.05) is 0 Å². The van der Waals surface area contributed by atoms with Gasteiger partial charge in [0.1, 0.15) is 6.34 Å². The molecule has 0 radical (unpaired) electrons. The van der Waals surface area contributed by atoms with Crippen LogP contribution in [0.25, 0.3) is 0 Å². The monoisotopic (exact) mass is 118 g/mol. The van der Waals surface area contributed by atoms with E-state index in [1.54, 1.807) is 0 Å². The Labute approximate surface area is 46.6 Å². The molecular weight excluding hydrogens is 115 g/mol. The van der Waals surface area contributed by atoms with Gasteiger partial charge in [0.05, 0.1) is 6.21 Å². The summed E-state index contributed by atoms with van der Waals surface area (Å²) in [7, 11) is 0. The first-order valence-electron chi connectivity index (χ1n) is 1.49. The Kier molecular flexibility index (Phi) is 2.22. The molecule has 38 valence electrons. The van der Waals surface area contributed by atoms with Crippen molar-refractivity contribution >= 4 is 30.9 Å². The number of nitrogens with zero attached hydrogens (tertiary/aromatic N) is 2. The van der Waals surface area contributed by atoms with Crippen molar-refractivity contribution in [1.82, 2.24) is 0 Å². The SMILES string of the molecule is Cl.O=C1C=NC=N1. The molecular formula is C3H3ClN2O. The molecule has 1 heterocycles. The quantitative estimate of drug-likeness (QED) is 0.443. The normalized spacial score (nSPS) is 14.6. The molecule has 0 aromatic rings.